The van der Waals surface area contributed by atoms with Crippen LogP contribution in [0, 0.1) is 0 Å². The molecule has 3 rings (SSSR count). The van der Waals surface area contributed by atoms with E-state index in [9.17, 15) is 49.2 Å². The van der Waals surface area contributed by atoms with E-state index in [0.717, 1.165) is 54.9 Å². The molecule has 2 aromatic carbocycles. The number of aromatic carboxylic acids is 4. The highest BCUT2D eigenvalue weighted by molar-refractivity contribution is 6.09. The zero-order chi connectivity index (χ0) is 26.6. The monoisotopic (exact) mass is 489 g/mol. The number of amides is 2. The van der Waals surface area contributed by atoms with Crippen molar-refractivity contribution in [2.75, 3.05) is 10.6 Å². The average molecular weight is 489 g/mol. The van der Waals surface area contributed by atoms with Gasteiger partial charge in [-0.2, -0.15) is 0 Å². The first-order chi connectivity index (χ1) is 16.9. The lowest BCUT2D eigenvalue weighted by Gasteiger charge is -2.13. The van der Waals surface area contributed by atoms with Crippen molar-refractivity contribution in [2.45, 2.75) is 0 Å². The van der Waals surface area contributed by atoms with Crippen LogP contribution in [0.25, 0.3) is 0 Å². The van der Waals surface area contributed by atoms with Crippen LogP contribution in [0.1, 0.15) is 62.1 Å². The Balaban J connectivity index is 1.85. The smallest absolute Gasteiger partial charge is 0.257 e. The third-order valence-electron chi connectivity index (χ3n) is 4.59. The SMILES string of the molecule is O=C([O-])c1cc(NC(=O)c2cncc(C(=O)Nc3cc(C(=O)[O-])cc(C(=O)[O-])c3)c2)cc(C(=O)[O-])c1. The third-order valence-corrected chi connectivity index (χ3v) is 4.59. The molecule has 0 aliphatic rings. The van der Waals surface area contributed by atoms with Crippen molar-refractivity contribution in [3.05, 3.63) is 88.2 Å². The number of benzene rings is 2. The van der Waals surface area contributed by atoms with E-state index in [1.807, 2.05) is 0 Å². The summed E-state index contributed by atoms with van der Waals surface area (Å²) >= 11 is 0. The van der Waals surface area contributed by atoms with Gasteiger partial charge in [0.25, 0.3) is 11.8 Å². The number of carboxylic acid groups (broad SMARTS) is 4. The summed E-state index contributed by atoms with van der Waals surface area (Å²) in [6, 6.07) is 6.43. The van der Waals surface area contributed by atoms with Crippen LogP contribution < -0.4 is 31.1 Å². The summed E-state index contributed by atoms with van der Waals surface area (Å²) in [7, 11) is 0. The van der Waals surface area contributed by atoms with E-state index >= 15 is 0 Å². The lowest BCUT2D eigenvalue weighted by molar-refractivity contribution is -0.257. The first kappa shape index (κ1) is 25.0. The first-order valence-corrected chi connectivity index (χ1v) is 9.68. The van der Waals surface area contributed by atoms with Gasteiger partial charge in [-0.3, -0.25) is 14.6 Å². The fourth-order valence-electron chi connectivity index (χ4n) is 2.97. The molecular weight excluding hydrogens is 478 g/mol. The Bertz CT molecular complexity index is 1280. The number of pyridine rings is 1. The van der Waals surface area contributed by atoms with Crippen LogP contribution in [0.4, 0.5) is 11.4 Å². The van der Waals surface area contributed by atoms with Crippen molar-refractivity contribution in [3.63, 3.8) is 0 Å². The predicted octanol–water partition coefficient (Wildman–Crippen LogP) is -2.96. The van der Waals surface area contributed by atoms with E-state index in [2.05, 4.69) is 15.6 Å². The molecule has 1 aromatic heterocycles. The van der Waals surface area contributed by atoms with Gasteiger partial charge in [-0.1, -0.05) is 0 Å². The fourth-order valence-corrected chi connectivity index (χ4v) is 2.97. The molecular formula is C23H11N3O10-4. The van der Waals surface area contributed by atoms with Crippen molar-refractivity contribution in [3.8, 4) is 0 Å². The maximum Gasteiger partial charge on any atom is 0.257 e. The molecule has 0 aliphatic carbocycles. The Morgan fingerprint density at radius 2 is 0.750 bits per heavy atom. The van der Waals surface area contributed by atoms with Gasteiger partial charge in [-0.25, -0.2) is 0 Å². The quantitative estimate of drug-likeness (QED) is 0.324. The van der Waals surface area contributed by atoms with E-state index in [4.69, 9.17) is 0 Å². The van der Waals surface area contributed by atoms with Crippen molar-refractivity contribution in [2.24, 2.45) is 0 Å². The fraction of sp³-hybridized carbons (Fsp3) is 0. The topological polar surface area (TPSA) is 232 Å². The van der Waals surface area contributed by atoms with Gasteiger partial charge >= 0.3 is 0 Å². The third kappa shape index (κ3) is 5.85. The van der Waals surface area contributed by atoms with E-state index in [1.165, 1.54) is 0 Å². The second kappa shape index (κ2) is 10.1. The molecule has 2 N–H and O–H groups in total. The van der Waals surface area contributed by atoms with Crippen molar-refractivity contribution in [1.29, 1.82) is 0 Å². The molecule has 0 atom stereocenters. The largest absolute Gasteiger partial charge is 0.545 e. The summed E-state index contributed by atoms with van der Waals surface area (Å²) in [5.74, 6) is -8.57. The number of carbonyl (C=O) groups is 6. The molecule has 182 valence electrons. The van der Waals surface area contributed by atoms with Crippen LogP contribution in [-0.4, -0.2) is 40.7 Å². The van der Waals surface area contributed by atoms with Crippen LogP contribution in [0.5, 0.6) is 0 Å². The highest BCUT2D eigenvalue weighted by Gasteiger charge is 2.14. The lowest BCUT2D eigenvalue weighted by Crippen LogP contribution is -2.26. The van der Waals surface area contributed by atoms with Crippen LogP contribution in [0.2, 0.25) is 0 Å². The van der Waals surface area contributed by atoms with Crippen LogP contribution in [0.3, 0.4) is 0 Å². The summed E-state index contributed by atoms with van der Waals surface area (Å²) in [5, 5.41) is 49.0. The molecule has 0 saturated heterocycles. The minimum Gasteiger partial charge on any atom is -0.545 e. The molecule has 0 aliphatic heterocycles. The normalized spacial score (nSPS) is 10.2. The molecule has 0 bridgehead atoms. The molecule has 0 saturated carbocycles. The number of rotatable bonds is 8. The van der Waals surface area contributed by atoms with Gasteiger partial charge in [0.1, 0.15) is 0 Å². The number of carboxylic acids is 4. The summed E-state index contributed by atoms with van der Waals surface area (Å²) < 4.78 is 0. The van der Waals surface area contributed by atoms with Crippen LogP contribution in [-0.2, 0) is 0 Å². The van der Waals surface area contributed by atoms with Gasteiger partial charge in [0.15, 0.2) is 0 Å². The number of hydrogen-bond acceptors (Lipinski definition) is 11. The summed E-state index contributed by atoms with van der Waals surface area (Å²) in [4.78, 5) is 73.4. The number of anilines is 2. The second-order valence-corrected chi connectivity index (χ2v) is 7.12. The number of nitrogens with one attached hydrogen (secondary N) is 2. The molecule has 0 spiro atoms. The van der Waals surface area contributed by atoms with Gasteiger partial charge in [-0.05, 0) is 64.7 Å². The standard InChI is InChI=1S/C23H15N3O10/c27-18(25-16-4-10(20(29)30)1-11(5-16)21(31)32)14-3-15(9-24-8-14)19(28)26-17-6-12(22(33)34)2-13(7-17)23(35)36/h1-9H,(H,25,27)(H,26,28)(H,29,30)(H,31,32)(H,33,34)(H,35,36)/p-4. The van der Waals surface area contributed by atoms with Crippen molar-refractivity contribution < 1.29 is 49.2 Å². The minimum absolute atomic E-state index is 0.199. The van der Waals surface area contributed by atoms with Gasteiger partial charge in [0.2, 0.25) is 0 Å². The maximum absolute atomic E-state index is 12.6. The van der Waals surface area contributed by atoms with Crippen LogP contribution >= 0.6 is 0 Å². The summed E-state index contributed by atoms with van der Waals surface area (Å²) in [6.07, 6.45) is 2.11. The molecule has 3 aromatic rings. The lowest BCUT2D eigenvalue weighted by atomic mass is 10.1. The Labute approximate surface area is 200 Å². The number of aromatic nitrogens is 1. The molecule has 36 heavy (non-hydrogen) atoms. The van der Waals surface area contributed by atoms with E-state index < -0.39 is 57.9 Å². The number of carbonyl (C=O) groups excluding carboxylic acids is 6. The van der Waals surface area contributed by atoms with Gasteiger partial charge in [0, 0.05) is 23.8 Å². The van der Waals surface area contributed by atoms with Crippen LogP contribution in [0.15, 0.2) is 54.9 Å². The number of nitrogens with zero attached hydrogens (tertiary/aromatic N) is 1. The molecule has 13 heteroatoms. The Morgan fingerprint density at radius 1 is 0.472 bits per heavy atom. The zero-order valence-corrected chi connectivity index (χ0v) is 17.7. The van der Waals surface area contributed by atoms with Gasteiger partial charge in [0.05, 0.1) is 35.0 Å². The number of hydrogen-bond donors (Lipinski definition) is 2. The molecule has 0 radical (unpaired) electrons. The molecule has 13 nitrogen and oxygen atoms in total. The highest BCUT2D eigenvalue weighted by Crippen LogP contribution is 2.18. The molecule has 0 fully saturated rings. The molecule has 1 heterocycles. The minimum atomic E-state index is -1.70. The Morgan fingerprint density at radius 3 is 1.03 bits per heavy atom. The molecule has 2 amide bonds. The highest BCUT2D eigenvalue weighted by atomic mass is 16.4. The second-order valence-electron chi connectivity index (χ2n) is 7.12. The first-order valence-electron chi connectivity index (χ1n) is 9.68. The zero-order valence-electron chi connectivity index (χ0n) is 17.7. The van der Waals surface area contributed by atoms with E-state index in [1.54, 1.807) is 0 Å². The van der Waals surface area contributed by atoms with Gasteiger partial charge in [-0.15, -0.1) is 0 Å². The van der Waals surface area contributed by atoms with Crippen molar-refractivity contribution >= 4 is 47.1 Å². The van der Waals surface area contributed by atoms with Crippen molar-refractivity contribution in [1.82, 2.24) is 4.98 Å². The Hall–Kier alpha value is -5.59. The Kier molecular flexibility index (Phi) is 7.05. The maximum atomic E-state index is 12.6. The molecule has 0 unspecified atom stereocenters. The van der Waals surface area contributed by atoms with E-state index in [-0.39, 0.29) is 22.5 Å². The van der Waals surface area contributed by atoms with E-state index in [0.29, 0.717) is 0 Å². The summed E-state index contributed by atoms with van der Waals surface area (Å²) in [5.41, 5.74) is -2.97. The average Bonchev–Trinajstić information content (AvgIpc) is 2.83. The summed E-state index contributed by atoms with van der Waals surface area (Å²) in [6.45, 7) is 0. The van der Waals surface area contributed by atoms with Gasteiger partial charge < -0.3 is 50.2 Å². The predicted molar refractivity (Wildman–Crippen MR) is 110 cm³/mol.